The van der Waals surface area contributed by atoms with E-state index in [1.54, 1.807) is 24.9 Å². The number of carbonyl (C=O) groups is 2. The Morgan fingerprint density at radius 2 is 1.97 bits per heavy atom. The minimum atomic E-state index is -0.218. The molecule has 34 heavy (non-hydrogen) atoms. The number of thiazole rings is 1. The first-order valence-corrected chi connectivity index (χ1v) is 12.7. The molecule has 178 valence electrons. The second-order valence-corrected chi connectivity index (χ2v) is 10.2. The van der Waals surface area contributed by atoms with Gasteiger partial charge >= 0.3 is 5.97 Å². The molecule has 1 aliphatic heterocycles. The smallest absolute Gasteiger partial charge is 0.320 e. The summed E-state index contributed by atoms with van der Waals surface area (Å²) in [4.78, 5) is 38.5. The number of ether oxygens (including phenoxy) is 1. The van der Waals surface area contributed by atoms with Crippen LogP contribution in [0.25, 0.3) is 0 Å². The first kappa shape index (κ1) is 24.2. The van der Waals surface area contributed by atoms with Crippen LogP contribution in [0.2, 0.25) is 0 Å². The summed E-state index contributed by atoms with van der Waals surface area (Å²) >= 11 is 3.12. The van der Waals surface area contributed by atoms with Gasteiger partial charge in [0.1, 0.15) is 5.82 Å². The largest absolute Gasteiger partial charge is 0.465 e. The van der Waals surface area contributed by atoms with Gasteiger partial charge in [0.25, 0.3) is 5.91 Å². The Morgan fingerprint density at radius 1 is 1.15 bits per heavy atom. The SMILES string of the molecule is CCOC(=O)CN1CCN(C(=O)c2cc(Sc3cnc(Nc4ccccn4)s3)ccc2C)CC1. The third kappa shape index (κ3) is 6.34. The molecule has 2 aromatic heterocycles. The average molecular weight is 498 g/mol. The minimum absolute atomic E-state index is 0.0255. The van der Waals surface area contributed by atoms with Crippen LogP contribution >= 0.6 is 23.1 Å². The third-order valence-electron chi connectivity index (χ3n) is 5.36. The molecule has 0 spiro atoms. The summed E-state index contributed by atoms with van der Waals surface area (Å²) in [7, 11) is 0. The maximum Gasteiger partial charge on any atom is 0.320 e. The molecule has 1 aromatic carbocycles. The average Bonchev–Trinajstić information content (AvgIpc) is 3.27. The molecule has 1 saturated heterocycles. The number of anilines is 2. The Morgan fingerprint density at radius 3 is 2.71 bits per heavy atom. The molecule has 1 aliphatic rings. The summed E-state index contributed by atoms with van der Waals surface area (Å²) in [5.74, 6) is 0.556. The number of aryl methyl sites for hydroxylation is 1. The normalized spacial score (nSPS) is 14.1. The van der Waals surface area contributed by atoms with Crippen LogP contribution in [0.4, 0.5) is 10.9 Å². The van der Waals surface area contributed by atoms with Gasteiger partial charge in [-0.25, -0.2) is 9.97 Å². The molecular weight excluding hydrogens is 470 g/mol. The lowest BCUT2D eigenvalue weighted by Crippen LogP contribution is -2.50. The number of nitrogens with one attached hydrogen (secondary N) is 1. The van der Waals surface area contributed by atoms with E-state index in [9.17, 15) is 9.59 Å². The van der Waals surface area contributed by atoms with Gasteiger partial charge in [-0.15, -0.1) is 0 Å². The first-order valence-electron chi connectivity index (χ1n) is 11.1. The van der Waals surface area contributed by atoms with Crippen LogP contribution in [-0.4, -0.2) is 71.0 Å². The molecule has 1 N–H and O–H groups in total. The second-order valence-electron chi connectivity index (χ2n) is 7.78. The zero-order chi connectivity index (χ0) is 23.9. The molecule has 0 bridgehead atoms. The molecule has 10 heteroatoms. The van der Waals surface area contributed by atoms with E-state index in [1.807, 2.05) is 59.3 Å². The van der Waals surface area contributed by atoms with Crippen LogP contribution in [0.3, 0.4) is 0 Å². The lowest BCUT2D eigenvalue weighted by Gasteiger charge is -2.34. The molecule has 0 saturated carbocycles. The Bertz CT molecular complexity index is 1130. The highest BCUT2D eigenvalue weighted by Crippen LogP contribution is 2.35. The molecule has 1 amide bonds. The first-order chi connectivity index (χ1) is 16.5. The minimum Gasteiger partial charge on any atom is -0.465 e. The fraction of sp³-hybridized carbons (Fsp3) is 0.333. The highest BCUT2D eigenvalue weighted by Gasteiger charge is 2.24. The van der Waals surface area contributed by atoms with Crippen molar-refractivity contribution < 1.29 is 14.3 Å². The van der Waals surface area contributed by atoms with E-state index in [0.29, 0.717) is 38.3 Å². The fourth-order valence-electron chi connectivity index (χ4n) is 3.59. The predicted molar refractivity (Wildman–Crippen MR) is 134 cm³/mol. The number of hydrogen-bond acceptors (Lipinski definition) is 9. The predicted octanol–water partition coefficient (Wildman–Crippen LogP) is 4.06. The van der Waals surface area contributed by atoms with Crippen molar-refractivity contribution in [3.05, 3.63) is 59.9 Å². The number of esters is 1. The van der Waals surface area contributed by atoms with Crippen molar-refractivity contribution in [3.63, 3.8) is 0 Å². The quantitative estimate of drug-likeness (QED) is 0.466. The molecule has 0 radical (unpaired) electrons. The van der Waals surface area contributed by atoms with E-state index >= 15 is 0 Å². The summed E-state index contributed by atoms with van der Waals surface area (Å²) in [5, 5.41) is 3.97. The fourth-order valence-corrected chi connectivity index (χ4v) is 5.49. The number of piperazine rings is 1. The van der Waals surface area contributed by atoms with E-state index in [4.69, 9.17) is 4.74 Å². The van der Waals surface area contributed by atoms with Crippen LogP contribution in [-0.2, 0) is 9.53 Å². The van der Waals surface area contributed by atoms with E-state index in [2.05, 4.69) is 15.3 Å². The highest BCUT2D eigenvalue weighted by atomic mass is 32.2. The molecule has 3 aromatic rings. The third-order valence-corrected chi connectivity index (χ3v) is 7.36. The monoisotopic (exact) mass is 497 g/mol. The Balaban J connectivity index is 1.37. The number of benzene rings is 1. The summed E-state index contributed by atoms with van der Waals surface area (Å²) in [6, 6.07) is 11.7. The summed E-state index contributed by atoms with van der Waals surface area (Å²) in [6.07, 6.45) is 3.56. The lowest BCUT2D eigenvalue weighted by molar-refractivity contribution is -0.144. The van der Waals surface area contributed by atoms with E-state index in [1.165, 1.54) is 11.3 Å². The number of nitrogens with zero attached hydrogens (tertiary/aromatic N) is 4. The Labute approximate surface area is 207 Å². The van der Waals surface area contributed by atoms with Gasteiger partial charge in [0.2, 0.25) is 0 Å². The summed E-state index contributed by atoms with van der Waals surface area (Å²) in [5.41, 5.74) is 1.66. The summed E-state index contributed by atoms with van der Waals surface area (Å²) in [6.45, 7) is 6.91. The molecule has 4 rings (SSSR count). The van der Waals surface area contributed by atoms with Gasteiger partial charge in [-0.3, -0.25) is 14.5 Å². The lowest BCUT2D eigenvalue weighted by atomic mass is 10.1. The van der Waals surface area contributed by atoms with Gasteiger partial charge in [0.15, 0.2) is 5.13 Å². The van der Waals surface area contributed by atoms with E-state index < -0.39 is 0 Å². The number of hydrogen-bond donors (Lipinski definition) is 1. The number of aromatic nitrogens is 2. The molecule has 3 heterocycles. The van der Waals surface area contributed by atoms with Crippen molar-refractivity contribution in [1.29, 1.82) is 0 Å². The van der Waals surface area contributed by atoms with Crippen molar-refractivity contribution in [1.82, 2.24) is 19.8 Å². The van der Waals surface area contributed by atoms with Crippen molar-refractivity contribution in [3.8, 4) is 0 Å². The number of rotatable bonds is 8. The van der Waals surface area contributed by atoms with E-state index in [0.717, 1.165) is 25.6 Å². The highest BCUT2D eigenvalue weighted by molar-refractivity contribution is 8.01. The molecule has 1 fully saturated rings. The van der Waals surface area contributed by atoms with Crippen molar-refractivity contribution in [2.24, 2.45) is 0 Å². The van der Waals surface area contributed by atoms with E-state index in [-0.39, 0.29) is 18.4 Å². The van der Waals surface area contributed by atoms with Crippen molar-refractivity contribution >= 4 is 45.9 Å². The van der Waals surface area contributed by atoms with Gasteiger partial charge in [0.05, 0.1) is 23.6 Å². The topological polar surface area (TPSA) is 87.7 Å². The Hall–Kier alpha value is -2.95. The molecule has 8 nitrogen and oxygen atoms in total. The van der Waals surface area contributed by atoms with Crippen molar-refractivity contribution in [2.45, 2.75) is 23.0 Å². The zero-order valence-electron chi connectivity index (χ0n) is 19.2. The number of pyridine rings is 1. The molecule has 0 unspecified atom stereocenters. The van der Waals surface area contributed by atoms with Crippen LogP contribution < -0.4 is 5.32 Å². The van der Waals surface area contributed by atoms with Gasteiger partial charge in [-0.1, -0.05) is 35.2 Å². The standard InChI is InChI=1S/C24H27N5O3S2/c1-3-32-21(30)16-28-10-12-29(13-11-28)23(31)19-14-18(8-7-17(19)2)33-22-15-26-24(34-22)27-20-6-4-5-9-25-20/h4-9,14-15H,3,10-13,16H2,1-2H3,(H,25,26,27). The maximum absolute atomic E-state index is 13.2. The Kier molecular flexibility index (Phi) is 8.15. The van der Waals surface area contributed by atoms with Crippen LogP contribution in [0.15, 0.2) is 57.9 Å². The van der Waals surface area contributed by atoms with Crippen LogP contribution in [0, 0.1) is 6.92 Å². The molecular formula is C24H27N5O3S2. The maximum atomic E-state index is 13.2. The van der Waals surface area contributed by atoms with Gasteiger partial charge in [0, 0.05) is 42.8 Å². The van der Waals surface area contributed by atoms with Gasteiger partial charge < -0.3 is 15.0 Å². The second kappa shape index (κ2) is 11.5. The van der Waals surface area contributed by atoms with Crippen LogP contribution in [0.1, 0.15) is 22.8 Å². The number of carbonyl (C=O) groups excluding carboxylic acids is 2. The molecule has 0 atom stereocenters. The zero-order valence-corrected chi connectivity index (χ0v) is 20.8. The van der Waals surface area contributed by atoms with Gasteiger partial charge in [-0.05, 0) is 43.7 Å². The summed E-state index contributed by atoms with van der Waals surface area (Å²) < 4.78 is 6.04. The van der Waals surface area contributed by atoms with Gasteiger partial charge in [-0.2, -0.15) is 0 Å². The van der Waals surface area contributed by atoms with Crippen LogP contribution in [0.5, 0.6) is 0 Å². The molecule has 0 aliphatic carbocycles. The number of amides is 1. The van der Waals surface area contributed by atoms with Crippen molar-refractivity contribution in [2.75, 3.05) is 44.6 Å².